The fourth-order valence-electron chi connectivity index (χ4n) is 6.50. The minimum atomic E-state index is -1.12. The fourth-order valence-corrected chi connectivity index (χ4v) is 6.66. The normalized spacial score (nSPS) is 15.5. The van der Waals surface area contributed by atoms with Gasteiger partial charge in [0.1, 0.15) is 18.1 Å². The number of piperidine rings is 1. The Morgan fingerprint density at radius 3 is 2.35 bits per heavy atom. The molecule has 2 saturated heterocycles. The summed E-state index contributed by atoms with van der Waals surface area (Å²) in [7, 11) is 0. The Hall–Kier alpha value is -6.29. The monoisotopic (exact) mass is 724 g/mol. The summed E-state index contributed by atoms with van der Waals surface area (Å²) in [6, 6.07) is 16.8. The SMILES string of the molecule is O=C(O)c1cc2cc(NC(=O)C(Cc3ccc(NC(=O)N4CCCCC4)cc3)N3CCN(c4cc(Cl)ccc4-n4cnnn4)C(=O)C3=O)ccc2[nH]1. The average Bonchev–Trinajstić information content (AvgIpc) is 3.84. The van der Waals surface area contributed by atoms with Crippen molar-refractivity contribution < 1.29 is 29.1 Å². The molecule has 2 aliphatic heterocycles. The first-order chi connectivity index (χ1) is 25.1. The van der Waals surface area contributed by atoms with Crippen molar-refractivity contribution >= 4 is 69.3 Å². The molecule has 5 amide bonds. The van der Waals surface area contributed by atoms with Crippen LogP contribution in [0.4, 0.5) is 21.9 Å². The van der Waals surface area contributed by atoms with Crippen LogP contribution in [0.15, 0.2) is 73.1 Å². The van der Waals surface area contributed by atoms with E-state index in [0.29, 0.717) is 57.3 Å². The zero-order valence-corrected chi connectivity index (χ0v) is 28.4. The molecule has 2 fully saturated rings. The van der Waals surface area contributed by atoms with E-state index in [1.807, 2.05) is 0 Å². The highest BCUT2D eigenvalue weighted by Crippen LogP contribution is 2.30. The summed E-state index contributed by atoms with van der Waals surface area (Å²) in [5.41, 5.74) is 2.95. The van der Waals surface area contributed by atoms with Gasteiger partial charge in [0.25, 0.3) is 0 Å². The zero-order chi connectivity index (χ0) is 36.4. The minimum absolute atomic E-state index is 0.00292. The Morgan fingerprint density at radius 1 is 0.846 bits per heavy atom. The number of carboxylic acids is 1. The van der Waals surface area contributed by atoms with Crippen molar-refractivity contribution in [1.29, 1.82) is 0 Å². The Bertz CT molecular complexity index is 2160. The van der Waals surface area contributed by atoms with Crippen molar-refractivity contribution in [3.05, 3.63) is 89.3 Å². The van der Waals surface area contributed by atoms with Crippen LogP contribution in [0.2, 0.25) is 5.02 Å². The second-order valence-electron chi connectivity index (χ2n) is 12.5. The molecular weight excluding hydrogens is 692 g/mol. The summed E-state index contributed by atoms with van der Waals surface area (Å²) in [5.74, 6) is -3.44. The number of piperazine rings is 1. The first-order valence-electron chi connectivity index (χ1n) is 16.6. The number of H-pyrrole nitrogens is 1. The number of carboxylic acid groups (broad SMARTS) is 1. The Kier molecular flexibility index (Phi) is 9.54. The van der Waals surface area contributed by atoms with Gasteiger partial charge in [0.15, 0.2) is 0 Å². The summed E-state index contributed by atoms with van der Waals surface area (Å²) < 4.78 is 1.35. The molecule has 4 N–H and O–H groups in total. The van der Waals surface area contributed by atoms with E-state index in [9.17, 15) is 29.1 Å². The lowest BCUT2D eigenvalue weighted by atomic mass is 10.0. The molecule has 0 spiro atoms. The molecule has 3 aromatic carbocycles. The van der Waals surface area contributed by atoms with E-state index < -0.39 is 29.7 Å². The number of hydrogen-bond acceptors (Lipinski definition) is 8. The van der Waals surface area contributed by atoms with E-state index in [4.69, 9.17) is 11.6 Å². The van der Waals surface area contributed by atoms with Crippen LogP contribution < -0.4 is 15.5 Å². The highest BCUT2D eigenvalue weighted by atomic mass is 35.5. The predicted octanol–water partition coefficient (Wildman–Crippen LogP) is 3.94. The standard InChI is InChI=1S/C35H33ClN10O6/c36-23-6-11-28(46-20-37-41-42-46)29(19-23)44-14-15-45(33(49)32(44)48)30(31(47)38-25-9-10-26-22(17-25)18-27(40-26)34(50)51)16-21-4-7-24(8-5-21)39-35(52)43-12-2-1-3-13-43/h4-11,17-20,30,40H,1-3,12-16H2,(H,38,47)(H,39,52)(H,50,51). The van der Waals surface area contributed by atoms with E-state index in [-0.39, 0.29) is 31.2 Å². The first-order valence-corrected chi connectivity index (χ1v) is 17.0. The van der Waals surface area contributed by atoms with E-state index >= 15 is 0 Å². The van der Waals surface area contributed by atoms with Crippen LogP contribution in [-0.4, -0.2) is 102 Å². The molecule has 4 heterocycles. The number of halogens is 1. The maximum absolute atomic E-state index is 14.1. The third kappa shape index (κ3) is 7.14. The molecule has 0 bridgehead atoms. The van der Waals surface area contributed by atoms with Crippen LogP contribution in [0.3, 0.4) is 0 Å². The van der Waals surface area contributed by atoms with Gasteiger partial charge in [0, 0.05) is 59.9 Å². The van der Waals surface area contributed by atoms with Crippen molar-refractivity contribution in [3.8, 4) is 5.69 Å². The molecule has 0 radical (unpaired) electrons. The molecule has 2 aromatic heterocycles. The van der Waals surface area contributed by atoms with Gasteiger partial charge in [-0.15, -0.1) is 5.10 Å². The van der Waals surface area contributed by atoms with Crippen LogP contribution >= 0.6 is 11.6 Å². The third-order valence-electron chi connectivity index (χ3n) is 9.15. The topological polar surface area (TPSA) is 199 Å². The molecule has 266 valence electrons. The Labute approximate surface area is 301 Å². The largest absolute Gasteiger partial charge is 0.477 e. The molecule has 2 aliphatic rings. The van der Waals surface area contributed by atoms with Crippen molar-refractivity contribution in [2.45, 2.75) is 31.7 Å². The van der Waals surface area contributed by atoms with Gasteiger partial charge < -0.3 is 35.4 Å². The van der Waals surface area contributed by atoms with E-state index in [1.165, 1.54) is 26.9 Å². The number of fused-ring (bicyclic) bond motifs is 1. The Balaban J connectivity index is 1.14. The van der Waals surface area contributed by atoms with Gasteiger partial charge in [-0.2, -0.15) is 4.68 Å². The Morgan fingerprint density at radius 2 is 1.62 bits per heavy atom. The second-order valence-corrected chi connectivity index (χ2v) is 13.0. The molecule has 1 atom stereocenters. The van der Waals surface area contributed by atoms with Crippen LogP contribution in [0.25, 0.3) is 16.6 Å². The van der Waals surface area contributed by atoms with Crippen molar-refractivity contribution in [3.63, 3.8) is 0 Å². The predicted molar refractivity (Wildman–Crippen MR) is 190 cm³/mol. The number of nitrogens with one attached hydrogen (secondary N) is 3. The smallest absolute Gasteiger partial charge is 0.352 e. The molecular formula is C35H33ClN10O6. The molecule has 17 heteroatoms. The fraction of sp³-hybridized carbons (Fsp3) is 0.257. The van der Waals surface area contributed by atoms with Gasteiger partial charge in [-0.3, -0.25) is 14.4 Å². The van der Waals surface area contributed by atoms with Crippen LogP contribution in [0.1, 0.15) is 35.3 Å². The van der Waals surface area contributed by atoms with Crippen LogP contribution in [-0.2, 0) is 20.8 Å². The number of hydrogen-bond donors (Lipinski definition) is 4. The minimum Gasteiger partial charge on any atom is -0.477 e. The molecule has 7 rings (SSSR count). The summed E-state index contributed by atoms with van der Waals surface area (Å²) in [6.45, 7) is 1.45. The number of anilines is 3. The van der Waals surface area contributed by atoms with E-state index in [2.05, 4.69) is 31.1 Å². The molecule has 0 saturated carbocycles. The number of likely N-dealkylation sites (tertiary alicyclic amines) is 1. The summed E-state index contributed by atoms with van der Waals surface area (Å²) in [4.78, 5) is 73.1. The number of aromatic amines is 1. The van der Waals surface area contributed by atoms with Gasteiger partial charge in [-0.1, -0.05) is 23.7 Å². The van der Waals surface area contributed by atoms with Gasteiger partial charge in [-0.25, -0.2) is 9.59 Å². The van der Waals surface area contributed by atoms with E-state index in [0.717, 1.165) is 19.3 Å². The highest BCUT2D eigenvalue weighted by molar-refractivity contribution is 6.41. The number of benzene rings is 3. The summed E-state index contributed by atoms with van der Waals surface area (Å²) in [6.07, 6.45) is 4.44. The number of rotatable bonds is 9. The molecule has 16 nitrogen and oxygen atoms in total. The number of aromatic nitrogens is 5. The molecule has 1 unspecified atom stereocenters. The number of urea groups is 1. The number of aromatic carboxylic acids is 1. The lowest BCUT2D eigenvalue weighted by molar-refractivity contribution is -0.149. The lowest BCUT2D eigenvalue weighted by Crippen LogP contribution is -2.60. The quantitative estimate of drug-likeness (QED) is 0.163. The van der Waals surface area contributed by atoms with Crippen molar-refractivity contribution in [2.75, 3.05) is 41.7 Å². The van der Waals surface area contributed by atoms with Gasteiger partial charge in [0.2, 0.25) is 5.91 Å². The zero-order valence-electron chi connectivity index (χ0n) is 27.7. The lowest BCUT2D eigenvalue weighted by Gasteiger charge is -2.38. The van der Waals surface area contributed by atoms with Crippen LogP contribution in [0.5, 0.6) is 0 Å². The molecule has 5 aromatic rings. The molecule has 0 aliphatic carbocycles. The third-order valence-corrected chi connectivity index (χ3v) is 9.39. The van der Waals surface area contributed by atoms with Gasteiger partial charge >= 0.3 is 23.8 Å². The average molecular weight is 725 g/mol. The van der Waals surface area contributed by atoms with Crippen molar-refractivity contribution in [1.82, 2.24) is 35.0 Å². The van der Waals surface area contributed by atoms with E-state index in [1.54, 1.807) is 65.6 Å². The number of carbonyl (C=O) groups excluding carboxylic acids is 4. The number of tetrazole rings is 1. The summed E-state index contributed by atoms with van der Waals surface area (Å²) in [5, 5.41) is 27.3. The highest BCUT2D eigenvalue weighted by Gasteiger charge is 2.40. The molecule has 52 heavy (non-hydrogen) atoms. The summed E-state index contributed by atoms with van der Waals surface area (Å²) >= 11 is 6.30. The number of amides is 5. The van der Waals surface area contributed by atoms with Gasteiger partial charge in [0.05, 0.1) is 11.4 Å². The maximum Gasteiger partial charge on any atom is 0.352 e. The number of carbonyl (C=O) groups is 5. The first kappa shape index (κ1) is 34.2. The number of nitrogens with zero attached hydrogens (tertiary/aromatic N) is 7. The maximum atomic E-state index is 14.1. The van der Waals surface area contributed by atoms with Crippen LogP contribution in [0, 0.1) is 0 Å². The van der Waals surface area contributed by atoms with Crippen molar-refractivity contribution in [2.24, 2.45) is 0 Å². The van der Waals surface area contributed by atoms with Gasteiger partial charge in [-0.05, 0) is 89.8 Å². The second kappa shape index (κ2) is 14.5.